The molecule has 1 unspecified atom stereocenters. The zero-order chi connectivity index (χ0) is 20.8. The van der Waals surface area contributed by atoms with Crippen molar-refractivity contribution in [3.63, 3.8) is 0 Å². The third-order valence-corrected chi connectivity index (χ3v) is 4.84. The summed E-state index contributed by atoms with van der Waals surface area (Å²) >= 11 is 0. The van der Waals surface area contributed by atoms with E-state index in [9.17, 15) is 9.59 Å². The van der Waals surface area contributed by atoms with Crippen molar-refractivity contribution < 1.29 is 19.4 Å². The number of aromatic nitrogens is 2. The van der Waals surface area contributed by atoms with Crippen LogP contribution in [0, 0.1) is 0 Å². The summed E-state index contributed by atoms with van der Waals surface area (Å²) in [5, 5.41) is 14.3. The normalized spacial score (nSPS) is 18.4. The van der Waals surface area contributed by atoms with Gasteiger partial charge >= 0.3 is 6.09 Å². The molecule has 0 spiro atoms. The lowest BCUT2D eigenvalue weighted by molar-refractivity contribution is 0.102. The van der Waals surface area contributed by atoms with Crippen LogP contribution in [0.1, 0.15) is 23.2 Å². The van der Waals surface area contributed by atoms with E-state index in [2.05, 4.69) is 20.6 Å². The maximum absolute atomic E-state index is 12.4. The summed E-state index contributed by atoms with van der Waals surface area (Å²) in [7, 11) is 1.60. The number of nitrogens with one attached hydrogen (secondary N) is 2. The Morgan fingerprint density at radius 2 is 2.03 bits per heavy atom. The zero-order valence-corrected chi connectivity index (χ0v) is 16.0. The Morgan fingerprint density at radius 1 is 1.31 bits per heavy atom. The van der Waals surface area contributed by atoms with E-state index in [1.807, 2.05) is 4.90 Å². The quantitative estimate of drug-likeness (QED) is 0.513. The minimum absolute atomic E-state index is 0.130. The van der Waals surface area contributed by atoms with E-state index in [1.54, 1.807) is 31.4 Å². The van der Waals surface area contributed by atoms with Crippen LogP contribution >= 0.6 is 0 Å². The van der Waals surface area contributed by atoms with Crippen molar-refractivity contribution in [1.82, 2.24) is 15.3 Å². The van der Waals surface area contributed by atoms with E-state index in [4.69, 9.17) is 15.6 Å². The van der Waals surface area contributed by atoms with Gasteiger partial charge in [0.15, 0.2) is 0 Å². The minimum atomic E-state index is -1.06. The van der Waals surface area contributed by atoms with Gasteiger partial charge in [-0.05, 0) is 25.0 Å². The Hall–Kier alpha value is -3.40. The highest BCUT2D eigenvalue weighted by Crippen LogP contribution is 2.25. The number of nitrogen functional groups attached to an aromatic ring is 1. The van der Waals surface area contributed by atoms with Gasteiger partial charge in [0, 0.05) is 32.7 Å². The Balaban J connectivity index is 1.72. The van der Waals surface area contributed by atoms with Crippen molar-refractivity contribution in [2.24, 2.45) is 0 Å². The van der Waals surface area contributed by atoms with Gasteiger partial charge in [0.2, 0.25) is 5.95 Å². The number of para-hydroxylation sites is 2. The van der Waals surface area contributed by atoms with Gasteiger partial charge in [0.1, 0.15) is 0 Å². The number of hydrogen-bond acceptors (Lipinski definition) is 7. The third kappa shape index (κ3) is 4.91. The average molecular weight is 400 g/mol. The van der Waals surface area contributed by atoms with Crippen LogP contribution in [0.4, 0.5) is 22.1 Å². The Morgan fingerprint density at radius 3 is 2.69 bits per heavy atom. The van der Waals surface area contributed by atoms with Crippen LogP contribution in [-0.2, 0) is 4.74 Å². The van der Waals surface area contributed by atoms with Crippen molar-refractivity contribution in [2.45, 2.75) is 24.9 Å². The maximum Gasteiger partial charge on any atom is 0.404 e. The standard InChI is InChI=1S/C19H24N6O4/c1-29-9-7-16-15(24-19(27)28)6-8-25(16)18-21-10-12(11-22-18)17(26)23-14-5-3-2-4-13(14)20/h2-5,10-11,15-16,24H,6-9,20H2,1H3,(H,23,26)(H,27,28)/t15-,16?/m0/s1. The molecule has 3 rings (SSSR count). The molecule has 2 heterocycles. The van der Waals surface area contributed by atoms with E-state index in [-0.39, 0.29) is 18.0 Å². The molecule has 2 atom stereocenters. The highest BCUT2D eigenvalue weighted by Gasteiger charge is 2.36. The number of amides is 2. The molecule has 1 aromatic carbocycles. The number of methoxy groups -OCH3 is 1. The highest BCUT2D eigenvalue weighted by atomic mass is 16.5. The number of carbonyl (C=O) groups is 2. The van der Waals surface area contributed by atoms with E-state index >= 15 is 0 Å². The lowest BCUT2D eigenvalue weighted by Crippen LogP contribution is -2.45. The molecule has 1 fully saturated rings. The van der Waals surface area contributed by atoms with E-state index in [1.165, 1.54) is 12.4 Å². The number of nitrogens with zero attached hydrogens (tertiary/aromatic N) is 3. The highest BCUT2D eigenvalue weighted by molar-refractivity contribution is 6.05. The maximum atomic E-state index is 12.4. The average Bonchev–Trinajstić information content (AvgIpc) is 3.09. The van der Waals surface area contributed by atoms with Crippen molar-refractivity contribution in [3.8, 4) is 0 Å². The SMILES string of the molecule is COCCC1[C@@H](NC(=O)O)CCN1c1ncc(C(=O)Nc2ccccc2N)cn1. The fourth-order valence-corrected chi connectivity index (χ4v) is 3.42. The Labute approximate surface area is 168 Å². The molecule has 2 amide bonds. The number of carboxylic acid groups (broad SMARTS) is 1. The van der Waals surface area contributed by atoms with Crippen molar-refractivity contribution >= 4 is 29.3 Å². The predicted molar refractivity (Wildman–Crippen MR) is 108 cm³/mol. The van der Waals surface area contributed by atoms with E-state index in [0.717, 1.165) is 0 Å². The van der Waals surface area contributed by atoms with Crippen molar-refractivity contribution in [1.29, 1.82) is 0 Å². The molecule has 0 bridgehead atoms. The van der Waals surface area contributed by atoms with Gasteiger partial charge in [-0.2, -0.15) is 0 Å². The van der Waals surface area contributed by atoms with E-state index < -0.39 is 6.09 Å². The molecule has 154 valence electrons. The van der Waals surface area contributed by atoms with E-state index in [0.29, 0.717) is 48.9 Å². The first-order chi connectivity index (χ1) is 14.0. The predicted octanol–water partition coefficient (Wildman–Crippen LogP) is 1.56. The van der Waals surface area contributed by atoms with Gasteiger partial charge in [-0.15, -0.1) is 0 Å². The summed E-state index contributed by atoms with van der Waals surface area (Å²) in [6.45, 7) is 1.09. The molecule has 2 aromatic rings. The molecule has 10 nitrogen and oxygen atoms in total. The fourth-order valence-electron chi connectivity index (χ4n) is 3.42. The second kappa shape index (κ2) is 9.20. The number of carbonyl (C=O) groups excluding carboxylic acids is 1. The molecule has 1 saturated heterocycles. The second-order valence-electron chi connectivity index (χ2n) is 6.70. The zero-order valence-electron chi connectivity index (χ0n) is 16.0. The number of rotatable bonds is 7. The first-order valence-electron chi connectivity index (χ1n) is 9.22. The van der Waals surface area contributed by atoms with Crippen LogP contribution in [-0.4, -0.2) is 59.4 Å². The number of ether oxygens (including phenoxy) is 1. The van der Waals surface area contributed by atoms with Gasteiger partial charge in [0.05, 0.1) is 29.0 Å². The van der Waals surface area contributed by atoms with Gasteiger partial charge in [0.25, 0.3) is 5.91 Å². The molecule has 1 aromatic heterocycles. The molecule has 1 aliphatic heterocycles. The van der Waals surface area contributed by atoms with Crippen LogP contribution in [0.2, 0.25) is 0 Å². The first kappa shape index (κ1) is 20.3. The van der Waals surface area contributed by atoms with Crippen LogP contribution in [0.3, 0.4) is 0 Å². The second-order valence-corrected chi connectivity index (χ2v) is 6.70. The minimum Gasteiger partial charge on any atom is -0.465 e. The number of anilines is 3. The molecule has 0 saturated carbocycles. The first-order valence-corrected chi connectivity index (χ1v) is 9.22. The lowest BCUT2D eigenvalue weighted by Gasteiger charge is -2.28. The van der Waals surface area contributed by atoms with Gasteiger partial charge in [-0.1, -0.05) is 12.1 Å². The molecule has 5 N–H and O–H groups in total. The van der Waals surface area contributed by atoms with Crippen LogP contribution < -0.4 is 21.3 Å². The molecule has 0 aliphatic carbocycles. The summed E-state index contributed by atoms with van der Waals surface area (Å²) in [6.07, 6.45) is 3.09. The summed E-state index contributed by atoms with van der Waals surface area (Å²) in [5.41, 5.74) is 7.13. The van der Waals surface area contributed by atoms with Crippen LogP contribution in [0.5, 0.6) is 0 Å². The fraction of sp³-hybridized carbons (Fsp3) is 0.368. The smallest absolute Gasteiger partial charge is 0.404 e. The van der Waals surface area contributed by atoms with Crippen molar-refractivity contribution in [3.05, 3.63) is 42.2 Å². The summed E-state index contributed by atoms with van der Waals surface area (Å²) < 4.78 is 5.15. The van der Waals surface area contributed by atoms with Crippen molar-refractivity contribution in [2.75, 3.05) is 36.2 Å². The van der Waals surface area contributed by atoms with Gasteiger partial charge in [-0.25, -0.2) is 14.8 Å². The monoisotopic (exact) mass is 400 g/mol. The largest absolute Gasteiger partial charge is 0.465 e. The Bertz CT molecular complexity index is 860. The number of hydrogen-bond donors (Lipinski definition) is 4. The van der Waals surface area contributed by atoms with Gasteiger partial charge < -0.3 is 31.1 Å². The molecule has 10 heteroatoms. The third-order valence-electron chi connectivity index (χ3n) is 4.84. The molecule has 29 heavy (non-hydrogen) atoms. The molecular weight excluding hydrogens is 376 g/mol. The summed E-state index contributed by atoms with van der Waals surface area (Å²) in [5.74, 6) is 0.0776. The molecular formula is C19H24N6O4. The van der Waals surface area contributed by atoms with Crippen LogP contribution in [0.15, 0.2) is 36.7 Å². The molecule has 0 radical (unpaired) electrons. The molecule has 1 aliphatic rings. The lowest BCUT2D eigenvalue weighted by atomic mass is 10.1. The number of benzene rings is 1. The van der Waals surface area contributed by atoms with Gasteiger partial charge in [-0.3, -0.25) is 4.79 Å². The van der Waals surface area contributed by atoms with Crippen LogP contribution in [0.25, 0.3) is 0 Å². The topological polar surface area (TPSA) is 143 Å². The summed E-state index contributed by atoms with van der Waals surface area (Å²) in [4.78, 5) is 34.1. The summed E-state index contributed by atoms with van der Waals surface area (Å²) in [6, 6.07) is 6.60. The number of nitrogens with two attached hydrogens (primary N) is 1. The Kier molecular flexibility index (Phi) is 6.45.